The lowest BCUT2D eigenvalue weighted by Crippen LogP contribution is -2.27. The Labute approximate surface area is 150 Å². The summed E-state index contributed by atoms with van der Waals surface area (Å²) in [7, 11) is 0. The molecule has 0 bridgehead atoms. The van der Waals surface area contributed by atoms with Gasteiger partial charge in [0.05, 0.1) is 30.9 Å². The van der Waals surface area contributed by atoms with Crippen LogP contribution in [0, 0.1) is 5.82 Å². The molecule has 3 aromatic heterocycles. The zero-order valence-corrected chi connectivity index (χ0v) is 14.4. The predicted molar refractivity (Wildman–Crippen MR) is 97.1 cm³/mol. The standard InChI is InChI=1S/C20H19FN4O/c21-17-6-16(9-22-11-17)15-5-14-7-18(23-12-20(14)24-10-15)8-19(26)13-25-3-1-2-4-25/h5-7,9-12H,1-4,8,13H2. The van der Waals surface area contributed by atoms with Crippen molar-refractivity contribution < 1.29 is 9.18 Å². The average molecular weight is 350 g/mol. The summed E-state index contributed by atoms with van der Waals surface area (Å²) >= 11 is 0. The van der Waals surface area contributed by atoms with Crippen LogP contribution in [0.15, 0.2) is 43.0 Å². The highest BCUT2D eigenvalue weighted by atomic mass is 19.1. The van der Waals surface area contributed by atoms with Crippen molar-refractivity contribution in [2.24, 2.45) is 0 Å². The molecule has 5 nitrogen and oxygen atoms in total. The van der Waals surface area contributed by atoms with Gasteiger partial charge in [0.1, 0.15) is 5.82 Å². The minimum Gasteiger partial charge on any atom is -0.298 e. The normalized spacial score (nSPS) is 14.8. The van der Waals surface area contributed by atoms with E-state index in [0.29, 0.717) is 18.5 Å². The third-order valence-corrected chi connectivity index (χ3v) is 4.64. The Bertz CT molecular complexity index is 953. The van der Waals surface area contributed by atoms with Gasteiger partial charge >= 0.3 is 0 Å². The second kappa shape index (κ2) is 7.25. The van der Waals surface area contributed by atoms with Crippen molar-refractivity contribution in [3.05, 3.63) is 54.5 Å². The van der Waals surface area contributed by atoms with Gasteiger partial charge in [0, 0.05) is 34.6 Å². The van der Waals surface area contributed by atoms with Gasteiger partial charge in [-0.05, 0) is 44.1 Å². The fourth-order valence-corrected chi connectivity index (χ4v) is 3.35. The SMILES string of the molecule is O=C(Cc1cc2cc(-c3cncc(F)c3)cnc2cn1)CN1CCCC1. The van der Waals surface area contributed by atoms with E-state index in [2.05, 4.69) is 19.9 Å². The molecule has 6 heteroatoms. The Balaban J connectivity index is 1.56. The van der Waals surface area contributed by atoms with E-state index >= 15 is 0 Å². The summed E-state index contributed by atoms with van der Waals surface area (Å²) in [6, 6.07) is 5.24. The molecule has 26 heavy (non-hydrogen) atoms. The fourth-order valence-electron chi connectivity index (χ4n) is 3.35. The number of pyridine rings is 3. The summed E-state index contributed by atoms with van der Waals surface area (Å²) in [5.41, 5.74) is 2.93. The molecule has 0 spiro atoms. The maximum Gasteiger partial charge on any atom is 0.152 e. The van der Waals surface area contributed by atoms with Gasteiger partial charge in [-0.2, -0.15) is 0 Å². The van der Waals surface area contributed by atoms with Crippen LogP contribution >= 0.6 is 0 Å². The molecule has 0 N–H and O–H groups in total. The molecule has 4 heterocycles. The molecule has 0 amide bonds. The zero-order chi connectivity index (χ0) is 17.9. The van der Waals surface area contributed by atoms with E-state index in [-0.39, 0.29) is 11.6 Å². The molecular weight excluding hydrogens is 331 g/mol. The molecule has 4 rings (SSSR count). The molecule has 3 aromatic rings. The Morgan fingerprint density at radius 1 is 1.00 bits per heavy atom. The Morgan fingerprint density at radius 3 is 2.62 bits per heavy atom. The van der Waals surface area contributed by atoms with E-state index in [0.717, 1.165) is 35.2 Å². The summed E-state index contributed by atoms with van der Waals surface area (Å²) in [6.45, 7) is 2.50. The van der Waals surface area contributed by atoms with Crippen LogP contribution in [0.1, 0.15) is 18.5 Å². The monoisotopic (exact) mass is 350 g/mol. The minimum atomic E-state index is -0.384. The first-order valence-electron chi connectivity index (χ1n) is 8.77. The van der Waals surface area contributed by atoms with Crippen LogP contribution in [0.5, 0.6) is 0 Å². The fraction of sp³-hybridized carbons (Fsp3) is 0.300. The first kappa shape index (κ1) is 16.7. The van der Waals surface area contributed by atoms with Crippen LogP contribution in [0.25, 0.3) is 22.0 Å². The zero-order valence-electron chi connectivity index (χ0n) is 14.4. The topological polar surface area (TPSA) is 59.0 Å². The number of carbonyl (C=O) groups excluding carboxylic acids is 1. The highest BCUT2D eigenvalue weighted by Gasteiger charge is 2.16. The van der Waals surface area contributed by atoms with E-state index in [1.165, 1.54) is 25.1 Å². The molecule has 1 aliphatic rings. The van der Waals surface area contributed by atoms with E-state index in [1.807, 2.05) is 12.1 Å². The molecule has 0 radical (unpaired) electrons. The summed E-state index contributed by atoms with van der Waals surface area (Å²) in [4.78, 5) is 27.1. The van der Waals surface area contributed by atoms with E-state index < -0.39 is 0 Å². The second-order valence-corrected chi connectivity index (χ2v) is 6.68. The van der Waals surface area contributed by atoms with Gasteiger partial charge < -0.3 is 0 Å². The summed E-state index contributed by atoms with van der Waals surface area (Å²) in [6.07, 6.45) is 8.80. The van der Waals surface area contributed by atoms with Crippen LogP contribution in [0.3, 0.4) is 0 Å². The molecule has 0 atom stereocenters. The average Bonchev–Trinajstić information content (AvgIpc) is 3.14. The highest BCUT2D eigenvalue weighted by Crippen LogP contribution is 2.23. The molecule has 0 aromatic carbocycles. The van der Waals surface area contributed by atoms with Gasteiger partial charge in [-0.3, -0.25) is 24.6 Å². The molecule has 0 aliphatic carbocycles. The molecule has 0 saturated carbocycles. The lowest BCUT2D eigenvalue weighted by molar-refractivity contribution is -0.119. The van der Waals surface area contributed by atoms with E-state index in [1.54, 1.807) is 18.6 Å². The van der Waals surface area contributed by atoms with Crippen LogP contribution in [-0.2, 0) is 11.2 Å². The third-order valence-electron chi connectivity index (χ3n) is 4.64. The number of hydrogen-bond acceptors (Lipinski definition) is 5. The van der Waals surface area contributed by atoms with Crippen molar-refractivity contribution in [1.29, 1.82) is 0 Å². The Morgan fingerprint density at radius 2 is 1.81 bits per heavy atom. The number of nitrogens with zero attached hydrogens (tertiary/aromatic N) is 4. The number of Topliss-reactive ketones (excluding diaryl/α,β-unsaturated/α-hetero) is 1. The second-order valence-electron chi connectivity index (χ2n) is 6.68. The van der Waals surface area contributed by atoms with Gasteiger partial charge in [-0.1, -0.05) is 0 Å². The lowest BCUT2D eigenvalue weighted by atomic mass is 10.1. The molecule has 1 saturated heterocycles. The lowest BCUT2D eigenvalue weighted by Gasteiger charge is -2.13. The number of hydrogen-bond donors (Lipinski definition) is 0. The quantitative estimate of drug-likeness (QED) is 0.708. The van der Waals surface area contributed by atoms with E-state index in [4.69, 9.17) is 0 Å². The first-order chi connectivity index (χ1) is 12.7. The number of fused-ring (bicyclic) bond motifs is 1. The molecule has 132 valence electrons. The van der Waals surface area contributed by atoms with Gasteiger partial charge in [-0.15, -0.1) is 0 Å². The predicted octanol–water partition coefficient (Wildman–Crippen LogP) is 3.04. The number of aromatic nitrogens is 3. The number of likely N-dealkylation sites (tertiary alicyclic amines) is 1. The van der Waals surface area contributed by atoms with Crippen LogP contribution in [0.4, 0.5) is 4.39 Å². The Hall–Kier alpha value is -2.73. The third kappa shape index (κ3) is 3.75. The van der Waals surface area contributed by atoms with Gasteiger partial charge in [0.15, 0.2) is 5.78 Å². The maximum atomic E-state index is 13.4. The first-order valence-corrected chi connectivity index (χ1v) is 8.77. The summed E-state index contributed by atoms with van der Waals surface area (Å²) < 4.78 is 13.4. The Kier molecular flexibility index (Phi) is 4.67. The molecule has 1 aliphatic heterocycles. The van der Waals surface area contributed by atoms with Gasteiger partial charge in [0.25, 0.3) is 0 Å². The van der Waals surface area contributed by atoms with Gasteiger partial charge in [-0.25, -0.2) is 4.39 Å². The van der Waals surface area contributed by atoms with Crippen LogP contribution in [0.2, 0.25) is 0 Å². The smallest absolute Gasteiger partial charge is 0.152 e. The summed E-state index contributed by atoms with van der Waals surface area (Å²) in [5.74, 6) is -0.206. The van der Waals surface area contributed by atoms with Crippen molar-refractivity contribution in [3.63, 3.8) is 0 Å². The van der Waals surface area contributed by atoms with Crippen LogP contribution < -0.4 is 0 Å². The number of carbonyl (C=O) groups is 1. The number of halogens is 1. The largest absolute Gasteiger partial charge is 0.298 e. The number of ketones is 1. The van der Waals surface area contributed by atoms with Crippen molar-refractivity contribution in [1.82, 2.24) is 19.9 Å². The molecule has 0 unspecified atom stereocenters. The van der Waals surface area contributed by atoms with Crippen molar-refractivity contribution in [2.45, 2.75) is 19.3 Å². The molecular formula is C20H19FN4O. The van der Waals surface area contributed by atoms with Crippen molar-refractivity contribution >= 4 is 16.7 Å². The minimum absolute atomic E-state index is 0.178. The van der Waals surface area contributed by atoms with Crippen molar-refractivity contribution in [3.8, 4) is 11.1 Å². The number of rotatable bonds is 5. The maximum absolute atomic E-state index is 13.4. The van der Waals surface area contributed by atoms with Gasteiger partial charge in [0.2, 0.25) is 0 Å². The summed E-state index contributed by atoms with van der Waals surface area (Å²) in [5, 5.41) is 0.880. The highest BCUT2D eigenvalue weighted by molar-refractivity contribution is 5.86. The van der Waals surface area contributed by atoms with Crippen molar-refractivity contribution in [2.75, 3.05) is 19.6 Å². The molecule has 1 fully saturated rings. The van der Waals surface area contributed by atoms with Crippen LogP contribution in [-0.4, -0.2) is 45.3 Å². The van der Waals surface area contributed by atoms with E-state index in [9.17, 15) is 9.18 Å².